The predicted molar refractivity (Wildman–Crippen MR) is 48.4 cm³/mol. The summed E-state index contributed by atoms with van der Waals surface area (Å²) in [7, 11) is 0. The molecule has 1 unspecified atom stereocenters. The number of aliphatic hydroxyl groups is 1. The Bertz CT molecular complexity index is 246. The maximum Gasteiger partial charge on any atom is 0.328 e. The lowest BCUT2D eigenvalue weighted by atomic mass is 10.3. The number of amides is 1. The third-order valence-corrected chi connectivity index (χ3v) is 1.33. The minimum Gasteiger partial charge on any atom is -0.480 e. The Hall–Kier alpha value is -1.58. The third-order valence-electron chi connectivity index (χ3n) is 1.33. The molecule has 0 fully saturated rings. The Balaban J connectivity index is 3.80. The maximum absolute atomic E-state index is 11.0. The van der Waals surface area contributed by atoms with Crippen LogP contribution in [0.5, 0.6) is 0 Å². The van der Waals surface area contributed by atoms with Gasteiger partial charge < -0.3 is 15.5 Å². The van der Waals surface area contributed by atoms with E-state index in [2.05, 4.69) is 16.6 Å². The van der Waals surface area contributed by atoms with Crippen LogP contribution in [0.4, 0.5) is 0 Å². The van der Waals surface area contributed by atoms with Crippen molar-refractivity contribution in [1.29, 1.82) is 0 Å². The van der Waals surface area contributed by atoms with Crippen LogP contribution in [-0.2, 0) is 9.59 Å². The van der Waals surface area contributed by atoms with Gasteiger partial charge in [-0.05, 0) is 0 Å². The molecule has 0 radical (unpaired) electrons. The predicted octanol–water partition coefficient (Wildman–Crippen LogP) is -2.23. The largest absolute Gasteiger partial charge is 0.480 e. The standard InChI is InChI=1S/C8H12N2O4/c1-2-3-9-4-7(12)10-6(5-11)8(13)14/h1,6,9,11H,3-5H2,(H,10,12)(H,13,14). The van der Waals surface area contributed by atoms with Crippen LogP contribution < -0.4 is 10.6 Å². The van der Waals surface area contributed by atoms with E-state index in [-0.39, 0.29) is 13.1 Å². The lowest BCUT2D eigenvalue weighted by Crippen LogP contribution is -2.46. The maximum atomic E-state index is 11.0. The number of carbonyl (C=O) groups excluding carboxylic acids is 1. The van der Waals surface area contributed by atoms with Crippen LogP contribution in [0, 0.1) is 12.3 Å². The molecular formula is C8H12N2O4. The van der Waals surface area contributed by atoms with Gasteiger partial charge in [-0.2, -0.15) is 0 Å². The molecular weight excluding hydrogens is 188 g/mol. The smallest absolute Gasteiger partial charge is 0.328 e. The molecule has 4 N–H and O–H groups in total. The molecule has 1 amide bonds. The van der Waals surface area contributed by atoms with Crippen molar-refractivity contribution in [3.63, 3.8) is 0 Å². The molecule has 0 aromatic rings. The monoisotopic (exact) mass is 200 g/mol. The van der Waals surface area contributed by atoms with Gasteiger partial charge >= 0.3 is 5.97 Å². The Labute approximate surface area is 81.3 Å². The second-order valence-corrected chi connectivity index (χ2v) is 2.45. The fourth-order valence-electron chi connectivity index (χ4n) is 0.679. The van der Waals surface area contributed by atoms with Crippen molar-refractivity contribution in [2.75, 3.05) is 19.7 Å². The van der Waals surface area contributed by atoms with Gasteiger partial charge in [0.2, 0.25) is 5.91 Å². The normalized spacial score (nSPS) is 11.4. The second kappa shape index (κ2) is 6.88. The quantitative estimate of drug-likeness (QED) is 0.287. The molecule has 78 valence electrons. The van der Waals surface area contributed by atoms with E-state index in [1.54, 1.807) is 0 Å². The van der Waals surface area contributed by atoms with E-state index in [9.17, 15) is 9.59 Å². The first kappa shape index (κ1) is 12.4. The molecule has 6 nitrogen and oxygen atoms in total. The molecule has 0 saturated heterocycles. The van der Waals surface area contributed by atoms with Gasteiger partial charge in [0, 0.05) is 0 Å². The van der Waals surface area contributed by atoms with Gasteiger partial charge in [0.15, 0.2) is 0 Å². The molecule has 0 heterocycles. The van der Waals surface area contributed by atoms with Gasteiger partial charge in [-0.1, -0.05) is 5.92 Å². The Morgan fingerprint density at radius 1 is 1.50 bits per heavy atom. The van der Waals surface area contributed by atoms with Crippen LogP contribution >= 0.6 is 0 Å². The highest BCUT2D eigenvalue weighted by Crippen LogP contribution is 1.81. The molecule has 0 aliphatic carbocycles. The first-order valence-electron chi connectivity index (χ1n) is 3.89. The van der Waals surface area contributed by atoms with E-state index in [4.69, 9.17) is 16.6 Å². The van der Waals surface area contributed by atoms with Crippen molar-refractivity contribution in [1.82, 2.24) is 10.6 Å². The third kappa shape index (κ3) is 5.13. The zero-order valence-corrected chi connectivity index (χ0v) is 7.49. The fourth-order valence-corrected chi connectivity index (χ4v) is 0.679. The molecule has 0 saturated carbocycles. The summed E-state index contributed by atoms with van der Waals surface area (Å²) < 4.78 is 0. The van der Waals surface area contributed by atoms with Gasteiger partial charge in [-0.3, -0.25) is 10.1 Å². The topological polar surface area (TPSA) is 98.7 Å². The number of carboxylic acid groups (broad SMARTS) is 1. The average molecular weight is 200 g/mol. The van der Waals surface area contributed by atoms with Crippen LogP contribution in [0.25, 0.3) is 0 Å². The summed E-state index contributed by atoms with van der Waals surface area (Å²) in [5.41, 5.74) is 0. The molecule has 6 heteroatoms. The van der Waals surface area contributed by atoms with E-state index in [0.29, 0.717) is 0 Å². The zero-order chi connectivity index (χ0) is 11.0. The second-order valence-electron chi connectivity index (χ2n) is 2.45. The number of nitrogens with one attached hydrogen (secondary N) is 2. The SMILES string of the molecule is C#CCNCC(=O)NC(CO)C(=O)O. The van der Waals surface area contributed by atoms with Crippen molar-refractivity contribution in [3.05, 3.63) is 0 Å². The minimum atomic E-state index is -1.28. The molecule has 0 aliphatic heterocycles. The first-order valence-corrected chi connectivity index (χ1v) is 3.89. The summed E-state index contributed by atoms with van der Waals surface area (Å²) >= 11 is 0. The number of hydrogen-bond acceptors (Lipinski definition) is 4. The highest BCUT2D eigenvalue weighted by Gasteiger charge is 2.17. The molecule has 0 rings (SSSR count). The zero-order valence-electron chi connectivity index (χ0n) is 7.49. The van der Waals surface area contributed by atoms with Gasteiger partial charge in [0.25, 0.3) is 0 Å². The summed E-state index contributed by atoms with van der Waals surface area (Å²) in [4.78, 5) is 21.3. The van der Waals surface area contributed by atoms with E-state index in [1.165, 1.54) is 0 Å². The lowest BCUT2D eigenvalue weighted by molar-refractivity contribution is -0.142. The summed E-state index contributed by atoms with van der Waals surface area (Å²) in [6.07, 6.45) is 4.91. The van der Waals surface area contributed by atoms with Gasteiger partial charge in [0.05, 0.1) is 19.7 Å². The van der Waals surface area contributed by atoms with Crippen molar-refractivity contribution in [2.45, 2.75) is 6.04 Å². The number of carbonyl (C=O) groups is 2. The van der Waals surface area contributed by atoms with Crippen molar-refractivity contribution in [3.8, 4) is 12.3 Å². The number of aliphatic hydroxyl groups excluding tert-OH is 1. The van der Waals surface area contributed by atoms with Crippen molar-refractivity contribution in [2.24, 2.45) is 0 Å². The lowest BCUT2D eigenvalue weighted by Gasteiger charge is -2.11. The summed E-state index contributed by atoms with van der Waals surface area (Å²) in [6.45, 7) is -0.492. The van der Waals surface area contributed by atoms with Crippen LogP contribution in [-0.4, -0.2) is 47.8 Å². The van der Waals surface area contributed by atoms with E-state index in [1.807, 2.05) is 0 Å². The number of rotatable bonds is 6. The molecule has 0 bridgehead atoms. The Kier molecular flexibility index (Phi) is 6.11. The summed E-state index contributed by atoms with van der Waals surface area (Å²) in [5, 5.41) is 21.7. The molecule has 0 spiro atoms. The summed E-state index contributed by atoms with van der Waals surface area (Å²) in [6, 6.07) is -1.27. The van der Waals surface area contributed by atoms with Gasteiger partial charge in [-0.25, -0.2) is 4.79 Å². The van der Waals surface area contributed by atoms with Gasteiger partial charge in [0.1, 0.15) is 6.04 Å². The van der Waals surface area contributed by atoms with Crippen LogP contribution in [0.1, 0.15) is 0 Å². The Morgan fingerprint density at radius 3 is 2.57 bits per heavy atom. The molecule has 0 aromatic carbocycles. The van der Waals surface area contributed by atoms with Crippen LogP contribution in [0.2, 0.25) is 0 Å². The van der Waals surface area contributed by atoms with E-state index >= 15 is 0 Å². The van der Waals surface area contributed by atoms with E-state index < -0.39 is 24.5 Å². The highest BCUT2D eigenvalue weighted by atomic mass is 16.4. The highest BCUT2D eigenvalue weighted by molar-refractivity contribution is 5.84. The molecule has 0 aromatic heterocycles. The van der Waals surface area contributed by atoms with Gasteiger partial charge in [-0.15, -0.1) is 6.42 Å². The molecule has 0 aliphatic rings. The average Bonchev–Trinajstić information content (AvgIpc) is 2.14. The Morgan fingerprint density at radius 2 is 2.14 bits per heavy atom. The molecule has 1 atom stereocenters. The number of hydrogen-bond donors (Lipinski definition) is 4. The van der Waals surface area contributed by atoms with E-state index in [0.717, 1.165) is 0 Å². The van der Waals surface area contributed by atoms with Crippen LogP contribution in [0.15, 0.2) is 0 Å². The minimum absolute atomic E-state index is 0.0754. The number of carboxylic acids is 1. The van der Waals surface area contributed by atoms with Crippen molar-refractivity contribution >= 4 is 11.9 Å². The number of aliphatic carboxylic acids is 1. The number of terminal acetylenes is 1. The van der Waals surface area contributed by atoms with Crippen molar-refractivity contribution < 1.29 is 19.8 Å². The summed E-state index contributed by atoms with van der Waals surface area (Å²) in [5.74, 6) is 0.450. The van der Waals surface area contributed by atoms with Crippen LogP contribution in [0.3, 0.4) is 0 Å². The first-order chi connectivity index (χ1) is 6.61. The molecule has 14 heavy (non-hydrogen) atoms. The fraction of sp³-hybridized carbons (Fsp3) is 0.500.